The van der Waals surface area contributed by atoms with Gasteiger partial charge in [-0.15, -0.1) is 0 Å². The van der Waals surface area contributed by atoms with Gasteiger partial charge in [0, 0.05) is 7.11 Å². The van der Waals surface area contributed by atoms with E-state index >= 15 is 0 Å². The van der Waals surface area contributed by atoms with Crippen molar-refractivity contribution in [2.24, 2.45) is 5.73 Å². The number of hydrogen-bond donors (Lipinski definition) is 4. The molecule has 0 aromatic rings. The van der Waals surface area contributed by atoms with E-state index in [0.717, 1.165) is 6.42 Å². The maximum absolute atomic E-state index is 9.72. The monoisotopic (exact) mass is 265 g/mol. The second-order valence-corrected chi connectivity index (χ2v) is 4.38. The van der Waals surface area contributed by atoms with Crippen molar-refractivity contribution < 1.29 is 29.5 Å². The first kappa shape index (κ1) is 15.8. The average molecular weight is 265 g/mol. The number of rotatable bonds is 6. The highest BCUT2D eigenvalue weighted by molar-refractivity contribution is 4.91. The highest BCUT2D eigenvalue weighted by Crippen LogP contribution is 2.21. The van der Waals surface area contributed by atoms with Crippen molar-refractivity contribution in [3.8, 4) is 0 Å². The van der Waals surface area contributed by atoms with Gasteiger partial charge >= 0.3 is 0 Å². The lowest BCUT2D eigenvalue weighted by Gasteiger charge is -2.40. The maximum atomic E-state index is 9.72. The summed E-state index contributed by atoms with van der Waals surface area (Å²) in [4.78, 5) is 0. The van der Waals surface area contributed by atoms with E-state index in [1.165, 1.54) is 0 Å². The molecule has 1 aliphatic heterocycles. The molecule has 7 nitrogen and oxygen atoms in total. The van der Waals surface area contributed by atoms with E-state index in [9.17, 15) is 10.2 Å². The second kappa shape index (κ2) is 7.34. The highest BCUT2D eigenvalue weighted by atomic mass is 16.7. The summed E-state index contributed by atoms with van der Waals surface area (Å²) < 4.78 is 15.9. The molecule has 1 saturated heterocycles. The maximum Gasteiger partial charge on any atom is 0.175 e. The third kappa shape index (κ3) is 3.61. The van der Waals surface area contributed by atoms with Gasteiger partial charge < -0.3 is 35.3 Å². The summed E-state index contributed by atoms with van der Waals surface area (Å²) in [5, 5.41) is 28.4. The summed E-state index contributed by atoms with van der Waals surface area (Å²) in [6.07, 6.45) is -3.49. The van der Waals surface area contributed by atoms with E-state index in [2.05, 4.69) is 0 Å². The summed E-state index contributed by atoms with van der Waals surface area (Å²) in [5.41, 5.74) is 5.72. The van der Waals surface area contributed by atoms with Gasteiger partial charge in [0.25, 0.3) is 0 Å². The molecule has 1 heterocycles. The Morgan fingerprint density at radius 1 is 1.33 bits per heavy atom. The molecular formula is C11H23NO6. The molecule has 108 valence electrons. The Hall–Kier alpha value is -0.280. The van der Waals surface area contributed by atoms with E-state index in [4.69, 9.17) is 25.1 Å². The molecule has 1 aliphatic rings. The van der Waals surface area contributed by atoms with Gasteiger partial charge in [-0.2, -0.15) is 0 Å². The number of aliphatic hydroxyl groups is 3. The fourth-order valence-electron chi connectivity index (χ4n) is 1.81. The minimum atomic E-state index is -1.21. The van der Waals surface area contributed by atoms with E-state index in [1.54, 1.807) is 7.11 Å². The molecule has 0 aromatic carbocycles. The zero-order valence-electron chi connectivity index (χ0n) is 10.7. The molecule has 6 atom stereocenters. The van der Waals surface area contributed by atoms with Crippen molar-refractivity contribution in [2.45, 2.75) is 50.1 Å². The number of ether oxygens (including phenoxy) is 3. The first-order valence-electron chi connectivity index (χ1n) is 6.07. The molecule has 3 unspecified atom stereocenters. The van der Waals surface area contributed by atoms with Gasteiger partial charge in [-0.25, -0.2) is 0 Å². The number of methoxy groups -OCH3 is 1. The molecule has 0 aromatic heterocycles. The van der Waals surface area contributed by atoms with Crippen LogP contribution < -0.4 is 5.73 Å². The molecular weight excluding hydrogens is 242 g/mol. The van der Waals surface area contributed by atoms with Crippen LogP contribution in [0.5, 0.6) is 0 Å². The molecule has 1 fully saturated rings. The van der Waals surface area contributed by atoms with Crippen LogP contribution in [0.4, 0.5) is 0 Å². The van der Waals surface area contributed by atoms with Crippen LogP contribution in [0.15, 0.2) is 0 Å². The fourth-order valence-corrected chi connectivity index (χ4v) is 1.81. The molecule has 1 rings (SSSR count). The predicted molar refractivity (Wildman–Crippen MR) is 62.8 cm³/mol. The predicted octanol–water partition coefficient (Wildman–Crippen LogP) is -1.81. The first-order chi connectivity index (χ1) is 8.54. The van der Waals surface area contributed by atoms with E-state index in [-0.39, 0.29) is 12.7 Å². The summed E-state index contributed by atoms with van der Waals surface area (Å²) in [6, 6.07) is -0.864. The smallest absolute Gasteiger partial charge is 0.175 e. The van der Waals surface area contributed by atoms with Gasteiger partial charge in [0.15, 0.2) is 6.29 Å². The number of nitrogens with two attached hydrogens (primary N) is 1. The van der Waals surface area contributed by atoms with Crippen molar-refractivity contribution >= 4 is 0 Å². The van der Waals surface area contributed by atoms with E-state index < -0.39 is 37.3 Å². The quantitative estimate of drug-likeness (QED) is 0.447. The SMILES string of the molecule is CCC(CO[C@H]1OC(CO)[C@@H](O)[C@H](O)C1N)OC. The molecule has 0 spiro atoms. The Morgan fingerprint density at radius 2 is 2.00 bits per heavy atom. The van der Waals surface area contributed by atoms with E-state index in [0.29, 0.717) is 0 Å². The van der Waals surface area contributed by atoms with Crippen molar-refractivity contribution in [1.29, 1.82) is 0 Å². The zero-order valence-corrected chi connectivity index (χ0v) is 10.7. The number of hydrogen-bond acceptors (Lipinski definition) is 7. The molecule has 0 saturated carbocycles. The standard InChI is InChI=1S/C11H23NO6/c1-3-6(16-2)5-17-11-8(12)10(15)9(14)7(4-13)18-11/h6-11,13-15H,3-5,12H2,1-2H3/t6?,7?,8?,9-,10-,11+/m1/s1. The molecule has 7 heteroatoms. The Morgan fingerprint density at radius 3 is 2.50 bits per heavy atom. The van der Waals surface area contributed by atoms with Crippen LogP contribution in [0.1, 0.15) is 13.3 Å². The van der Waals surface area contributed by atoms with Crippen LogP contribution in [-0.2, 0) is 14.2 Å². The number of aliphatic hydroxyl groups excluding tert-OH is 3. The molecule has 18 heavy (non-hydrogen) atoms. The molecule has 0 amide bonds. The highest BCUT2D eigenvalue weighted by Gasteiger charge is 2.43. The molecule has 0 aliphatic carbocycles. The average Bonchev–Trinajstić information content (AvgIpc) is 2.39. The lowest BCUT2D eigenvalue weighted by atomic mass is 9.98. The Balaban J connectivity index is 2.53. The minimum absolute atomic E-state index is 0.0858. The van der Waals surface area contributed by atoms with Crippen molar-refractivity contribution in [2.75, 3.05) is 20.3 Å². The summed E-state index contributed by atoms with van der Waals surface area (Å²) in [6.45, 7) is 1.81. The molecule has 0 bridgehead atoms. The summed E-state index contributed by atoms with van der Waals surface area (Å²) in [7, 11) is 1.58. The summed E-state index contributed by atoms with van der Waals surface area (Å²) >= 11 is 0. The van der Waals surface area contributed by atoms with Crippen LogP contribution >= 0.6 is 0 Å². The van der Waals surface area contributed by atoms with Crippen LogP contribution in [0.3, 0.4) is 0 Å². The minimum Gasteiger partial charge on any atom is -0.394 e. The molecule has 5 N–H and O–H groups in total. The van der Waals surface area contributed by atoms with Crippen molar-refractivity contribution in [3.63, 3.8) is 0 Å². The Labute approximate surface area is 106 Å². The van der Waals surface area contributed by atoms with Gasteiger partial charge in [0.2, 0.25) is 0 Å². The van der Waals surface area contributed by atoms with Gasteiger partial charge in [-0.3, -0.25) is 0 Å². The molecule has 0 radical (unpaired) electrons. The lowest BCUT2D eigenvalue weighted by Crippen LogP contribution is -2.62. The largest absolute Gasteiger partial charge is 0.394 e. The van der Waals surface area contributed by atoms with Gasteiger partial charge in [0.1, 0.15) is 18.3 Å². The first-order valence-corrected chi connectivity index (χ1v) is 6.07. The van der Waals surface area contributed by atoms with Gasteiger partial charge in [-0.1, -0.05) is 6.92 Å². The second-order valence-electron chi connectivity index (χ2n) is 4.38. The van der Waals surface area contributed by atoms with Gasteiger partial charge in [0.05, 0.1) is 25.4 Å². The van der Waals surface area contributed by atoms with Crippen LogP contribution in [0, 0.1) is 0 Å². The fraction of sp³-hybridized carbons (Fsp3) is 1.00. The van der Waals surface area contributed by atoms with Crippen molar-refractivity contribution in [3.05, 3.63) is 0 Å². The third-order valence-electron chi connectivity index (χ3n) is 3.16. The Kier molecular flexibility index (Phi) is 6.44. The van der Waals surface area contributed by atoms with Crippen molar-refractivity contribution in [1.82, 2.24) is 0 Å². The normalized spacial score (nSPS) is 38.7. The van der Waals surface area contributed by atoms with Crippen LogP contribution in [0.2, 0.25) is 0 Å². The Bertz CT molecular complexity index is 236. The van der Waals surface area contributed by atoms with Crippen LogP contribution in [0.25, 0.3) is 0 Å². The van der Waals surface area contributed by atoms with E-state index in [1.807, 2.05) is 6.92 Å². The van der Waals surface area contributed by atoms with Gasteiger partial charge in [-0.05, 0) is 6.42 Å². The third-order valence-corrected chi connectivity index (χ3v) is 3.16. The zero-order chi connectivity index (χ0) is 13.7. The lowest BCUT2D eigenvalue weighted by molar-refractivity contribution is -0.270. The topological polar surface area (TPSA) is 114 Å². The van der Waals surface area contributed by atoms with Crippen LogP contribution in [-0.4, -0.2) is 72.4 Å². The summed E-state index contributed by atoms with van der Waals surface area (Å²) in [5.74, 6) is 0.